The molecule has 8 heteroatoms. The third-order valence-electron chi connectivity index (χ3n) is 11.6. The Morgan fingerprint density at radius 1 is 0.481 bits per heavy atom. The van der Waals surface area contributed by atoms with Crippen LogP contribution < -0.4 is 10.6 Å². The fourth-order valence-corrected chi connectivity index (χ4v) is 6.99. The maximum absolute atomic E-state index is 12.5. The Morgan fingerprint density at radius 2 is 0.808 bits per heavy atom. The lowest BCUT2D eigenvalue weighted by Gasteiger charge is -2.31. The summed E-state index contributed by atoms with van der Waals surface area (Å²) < 4.78 is 2.05. The highest BCUT2D eigenvalue weighted by molar-refractivity contribution is 5.76. The molecule has 0 fully saturated rings. The van der Waals surface area contributed by atoms with Gasteiger partial charge in [0.25, 0.3) is 0 Å². The number of rotatable bonds is 37. The van der Waals surface area contributed by atoms with E-state index in [1.165, 1.54) is 103 Å². The highest BCUT2D eigenvalue weighted by Crippen LogP contribution is 2.15. The number of quaternary nitrogens is 2. The minimum atomic E-state index is 0.318. The summed E-state index contributed by atoms with van der Waals surface area (Å²) in [6.07, 6.45) is 23.2. The van der Waals surface area contributed by atoms with Crippen molar-refractivity contribution in [3.63, 3.8) is 0 Å². The van der Waals surface area contributed by atoms with Crippen LogP contribution in [0.15, 0.2) is 0 Å². The molecule has 2 N–H and O–H groups in total. The zero-order valence-corrected chi connectivity index (χ0v) is 37.0. The molecule has 0 aromatic rings. The van der Waals surface area contributed by atoms with Crippen LogP contribution in [0, 0.1) is 11.8 Å². The zero-order valence-electron chi connectivity index (χ0n) is 37.0. The number of nitrogens with zero attached hydrogens (tertiary/aromatic N) is 4. The largest absolute Gasteiger partial charge is 0.346 e. The predicted molar refractivity (Wildman–Crippen MR) is 227 cm³/mol. The van der Waals surface area contributed by atoms with Gasteiger partial charge in [0, 0.05) is 78.8 Å². The van der Waals surface area contributed by atoms with Crippen molar-refractivity contribution in [2.45, 2.75) is 156 Å². The van der Waals surface area contributed by atoms with Gasteiger partial charge in [-0.3, -0.25) is 9.59 Å². The van der Waals surface area contributed by atoms with E-state index in [0.29, 0.717) is 24.7 Å². The molecule has 8 nitrogen and oxygen atoms in total. The average Bonchev–Trinajstić information content (AvgIpc) is 3.10. The molecule has 0 heterocycles. The first-order valence-corrected chi connectivity index (χ1v) is 22.3. The van der Waals surface area contributed by atoms with Gasteiger partial charge in [0.05, 0.1) is 54.4 Å². The van der Waals surface area contributed by atoms with Crippen LogP contribution in [0.1, 0.15) is 156 Å². The summed E-state index contributed by atoms with van der Waals surface area (Å²) in [4.78, 5) is 29.0. The summed E-state index contributed by atoms with van der Waals surface area (Å²) in [7, 11) is 13.3. The van der Waals surface area contributed by atoms with Gasteiger partial charge in [0.1, 0.15) is 0 Å². The molecule has 0 aliphatic carbocycles. The molecule has 0 aromatic carbocycles. The summed E-state index contributed by atoms with van der Waals surface area (Å²) in [5, 5.41) is 7.30. The van der Waals surface area contributed by atoms with Crippen molar-refractivity contribution in [3.05, 3.63) is 0 Å². The van der Waals surface area contributed by atoms with Crippen LogP contribution in [0.4, 0.5) is 0 Å². The number of carbonyl (C=O) groups is 2. The molecular weight excluding hydrogens is 645 g/mol. The van der Waals surface area contributed by atoms with E-state index < -0.39 is 0 Å². The second-order valence-corrected chi connectivity index (χ2v) is 18.0. The molecule has 52 heavy (non-hydrogen) atoms. The van der Waals surface area contributed by atoms with E-state index in [9.17, 15) is 9.59 Å². The van der Waals surface area contributed by atoms with Crippen LogP contribution in [0.25, 0.3) is 0 Å². The van der Waals surface area contributed by atoms with E-state index in [2.05, 4.69) is 66.5 Å². The highest BCUT2D eigenvalue weighted by Gasteiger charge is 2.17. The molecule has 0 radical (unpaired) electrons. The Hall–Kier alpha value is -1.22. The van der Waals surface area contributed by atoms with Gasteiger partial charge in [-0.25, -0.2) is 0 Å². The van der Waals surface area contributed by atoms with Gasteiger partial charge in [-0.2, -0.15) is 0 Å². The molecule has 0 rings (SSSR count). The van der Waals surface area contributed by atoms with Crippen molar-refractivity contribution in [2.24, 2.45) is 11.8 Å². The van der Waals surface area contributed by atoms with Gasteiger partial charge in [0.15, 0.2) is 0 Å². The lowest BCUT2D eigenvalue weighted by atomic mass is 10.00. The van der Waals surface area contributed by atoms with Gasteiger partial charge in [-0.15, -0.1) is 0 Å². The normalized spacial score (nSPS) is 13.3. The first kappa shape index (κ1) is 50.8. The zero-order chi connectivity index (χ0) is 39.1. The van der Waals surface area contributed by atoms with E-state index in [1.54, 1.807) is 0 Å². The minimum Gasteiger partial charge on any atom is -0.346 e. The Kier molecular flexibility index (Phi) is 31.3. The molecule has 0 bridgehead atoms. The molecule has 2 atom stereocenters. The summed E-state index contributed by atoms with van der Waals surface area (Å²) in [5.41, 5.74) is 0. The van der Waals surface area contributed by atoms with Crippen LogP contribution in [-0.4, -0.2) is 138 Å². The molecule has 0 aromatic heterocycles. The lowest BCUT2D eigenvalue weighted by molar-refractivity contribution is -0.890. The Morgan fingerprint density at radius 3 is 1.17 bits per heavy atom. The Bertz CT molecular complexity index is 783. The average molecular weight is 739 g/mol. The topological polar surface area (TPSA) is 64.7 Å². The maximum Gasteiger partial charge on any atom is 0.222 e. The van der Waals surface area contributed by atoms with Crippen molar-refractivity contribution < 1.29 is 18.6 Å². The lowest BCUT2D eigenvalue weighted by Crippen LogP contribution is -2.43. The number of hydrogen-bond acceptors (Lipinski definition) is 4. The summed E-state index contributed by atoms with van der Waals surface area (Å²) in [6.45, 7) is 19.9. The quantitative estimate of drug-likeness (QED) is 0.0497. The molecule has 310 valence electrons. The van der Waals surface area contributed by atoms with Gasteiger partial charge in [0.2, 0.25) is 11.8 Å². The van der Waals surface area contributed by atoms with Crippen molar-refractivity contribution in [3.8, 4) is 0 Å². The predicted octanol–water partition coefficient (Wildman–Crippen LogP) is 8.35. The van der Waals surface area contributed by atoms with Gasteiger partial charge >= 0.3 is 0 Å². The van der Waals surface area contributed by atoms with Crippen molar-refractivity contribution in [2.75, 3.05) is 108 Å². The standard InChI is InChI=1S/C44H94N6O2/c1-11-41(3)27-17-13-15-19-29-43(51)47(5)35-25-39-49(7,8)37-23-33-45-31-21-22-32-46-34-24-38-50(9,10)40-26-36-48(6)44(52)30-20-16-14-18-28-42(4)12-2/h41-42,45-46H,11-40H2,1-10H3/q+2. The third-order valence-corrected chi connectivity index (χ3v) is 11.6. The van der Waals surface area contributed by atoms with E-state index in [4.69, 9.17) is 0 Å². The summed E-state index contributed by atoms with van der Waals surface area (Å²) in [6, 6.07) is 0. The van der Waals surface area contributed by atoms with Crippen molar-refractivity contribution >= 4 is 11.8 Å². The number of carbonyl (C=O) groups excluding carboxylic acids is 2. The molecule has 0 aliphatic rings. The molecular formula is C44H94N6O2+2. The van der Waals surface area contributed by atoms with Gasteiger partial charge in [-0.1, -0.05) is 91.9 Å². The fraction of sp³-hybridized carbons (Fsp3) is 0.955. The van der Waals surface area contributed by atoms with Crippen LogP contribution in [0.5, 0.6) is 0 Å². The van der Waals surface area contributed by atoms with E-state index in [1.807, 2.05) is 23.9 Å². The van der Waals surface area contributed by atoms with E-state index >= 15 is 0 Å². The van der Waals surface area contributed by atoms with E-state index in [-0.39, 0.29) is 0 Å². The second kappa shape index (κ2) is 32.1. The van der Waals surface area contributed by atoms with Crippen LogP contribution in [0.2, 0.25) is 0 Å². The molecule has 0 spiro atoms. The highest BCUT2D eigenvalue weighted by atomic mass is 16.2. The van der Waals surface area contributed by atoms with Crippen LogP contribution in [-0.2, 0) is 9.59 Å². The number of amides is 2. The molecule has 0 aliphatic heterocycles. The second-order valence-electron chi connectivity index (χ2n) is 18.0. The summed E-state index contributed by atoms with van der Waals surface area (Å²) in [5.74, 6) is 2.32. The first-order chi connectivity index (χ1) is 24.7. The van der Waals surface area contributed by atoms with Crippen molar-refractivity contribution in [1.29, 1.82) is 0 Å². The third kappa shape index (κ3) is 31.2. The molecule has 2 amide bonds. The minimum absolute atomic E-state index is 0.318. The van der Waals surface area contributed by atoms with Gasteiger partial charge < -0.3 is 29.4 Å². The van der Waals surface area contributed by atoms with Gasteiger partial charge in [-0.05, 0) is 50.6 Å². The van der Waals surface area contributed by atoms with Crippen molar-refractivity contribution in [1.82, 2.24) is 20.4 Å². The fourth-order valence-electron chi connectivity index (χ4n) is 6.99. The number of nitrogens with one attached hydrogen (secondary N) is 2. The molecule has 2 unspecified atom stereocenters. The first-order valence-electron chi connectivity index (χ1n) is 22.3. The smallest absolute Gasteiger partial charge is 0.222 e. The SMILES string of the molecule is CCC(C)CCCCCCC(=O)N(C)CCC[N+](C)(C)CCCNCCCCNCCC[N+](C)(C)CCCN(C)C(=O)CCCCCCC(C)CC. The maximum atomic E-state index is 12.5. The van der Waals surface area contributed by atoms with Crippen LogP contribution >= 0.6 is 0 Å². The monoisotopic (exact) mass is 739 g/mol. The molecule has 0 saturated heterocycles. The Labute approximate surface area is 325 Å². The number of hydrogen-bond donors (Lipinski definition) is 2. The van der Waals surface area contributed by atoms with Crippen LogP contribution in [0.3, 0.4) is 0 Å². The summed E-state index contributed by atoms with van der Waals surface area (Å²) >= 11 is 0. The Balaban J connectivity index is 3.72. The van der Waals surface area contributed by atoms with E-state index in [0.717, 1.165) is 98.8 Å². The number of unbranched alkanes of at least 4 members (excludes halogenated alkanes) is 7. The molecule has 0 saturated carbocycles.